The summed E-state index contributed by atoms with van der Waals surface area (Å²) >= 11 is 3.31. The summed E-state index contributed by atoms with van der Waals surface area (Å²) < 4.78 is 5.28. The zero-order valence-electron chi connectivity index (χ0n) is 15.1. The Morgan fingerprint density at radius 1 is 1.19 bits per heavy atom. The summed E-state index contributed by atoms with van der Waals surface area (Å²) in [7, 11) is 1.73. The van der Waals surface area contributed by atoms with Crippen molar-refractivity contribution in [2.45, 2.75) is 37.1 Å². The van der Waals surface area contributed by atoms with Crippen LogP contribution in [0.1, 0.15) is 39.2 Å². The van der Waals surface area contributed by atoms with Gasteiger partial charge in [0.25, 0.3) is 5.91 Å². The zero-order chi connectivity index (χ0) is 18.5. The number of fused-ring (bicyclic) bond motifs is 1. The van der Waals surface area contributed by atoms with Crippen LogP contribution in [-0.4, -0.2) is 36.7 Å². The Kier molecular flexibility index (Phi) is 6.38. The fourth-order valence-electron chi connectivity index (χ4n) is 3.07. The van der Waals surface area contributed by atoms with E-state index in [9.17, 15) is 9.59 Å². The van der Waals surface area contributed by atoms with Crippen LogP contribution in [0, 0.1) is 0 Å². The summed E-state index contributed by atoms with van der Waals surface area (Å²) in [4.78, 5) is 28.7. The molecule has 0 spiro atoms. The number of rotatable bonds is 6. The molecule has 1 aromatic heterocycles. The molecular weight excluding hydrogens is 366 g/mol. The Morgan fingerprint density at radius 2 is 1.92 bits per heavy atom. The average Bonchev–Trinajstić information content (AvgIpc) is 3.10. The van der Waals surface area contributed by atoms with Crippen molar-refractivity contribution >= 4 is 35.0 Å². The van der Waals surface area contributed by atoms with E-state index < -0.39 is 0 Å². The van der Waals surface area contributed by atoms with Crippen molar-refractivity contribution in [2.24, 2.45) is 0 Å². The Hall–Kier alpha value is -1.79. The molecule has 0 saturated heterocycles. The molecule has 1 aromatic carbocycles. The van der Waals surface area contributed by atoms with Gasteiger partial charge in [-0.1, -0.05) is 12.1 Å². The van der Waals surface area contributed by atoms with Crippen LogP contribution in [0.4, 0.5) is 0 Å². The topological polar surface area (TPSA) is 46.6 Å². The van der Waals surface area contributed by atoms with Gasteiger partial charge in [0.1, 0.15) is 0 Å². The van der Waals surface area contributed by atoms with E-state index in [1.54, 1.807) is 35.0 Å². The first kappa shape index (κ1) is 19.0. The van der Waals surface area contributed by atoms with Gasteiger partial charge in [0.15, 0.2) is 6.61 Å². The van der Waals surface area contributed by atoms with Crippen LogP contribution in [0.25, 0.3) is 0 Å². The van der Waals surface area contributed by atoms with E-state index in [0.717, 1.165) is 30.4 Å². The summed E-state index contributed by atoms with van der Waals surface area (Å²) in [5.41, 5.74) is 2.82. The molecule has 6 heteroatoms. The highest BCUT2D eigenvalue weighted by molar-refractivity contribution is 7.98. The predicted molar refractivity (Wildman–Crippen MR) is 106 cm³/mol. The minimum absolute atomic E-state index is 0.198. The summed E-state index contributed by atoms with van der Waals surface area (Å²) in [6, 6.07) is 8.11. The number of esters is 1. The van der Waals surface area contributed by atoms with Crippen LogP contribution in [0.5, 0.6) is 0 Å². The first-order valence-electron chi connectivity index (χ1n) is 8.71. The molecule has 4 nitrogen and oxygen atoms in total. The van der Waals surface area contributed by atoms with Crippen molar-refractivity contribution < 1.29 is 14.3 Å². The Labute approximate surface area is 162 Å². The molecule has 0 atom stereocenters. The number of amides is 1. The SMILES string of the molecule is CSc1ccc(CN(C)C(=O)COC(=O)c2csc3c2CCCC3)cc1. The Bertz CT molecular complexity index is 783. The highest BCUT2D eigenvalue weighted by atomic mass is 32.2. The number of nitrogens with zero attached hydrogens (tertiary/aromatic N) is 1. The number of hydrogen-bond donors (Lipinski definition) is 0. The first-order valence-corrected chi connectivity index (χ1v) is 10.8. The number of carbonyl (C=O) groups is 2. The van der Waals surface area contributed by atoms with Crippen LogP contribution >= 0.6 is 23.1 Å². The summed E-state index contributed by atoms with van der Waals surface area (Å²) in [5.74, 6) is -0.577. The molecular formula is C20H23NO3S2. The van der Waals surface area contributed by atoms with Crippen LogP contribution < -0.4 is 0 Å². The molecule has 2 aromatic rings. The lowest BCUT2D eigenvalue weighted by atomic mass is 9.96. The van der Waals surface area contributed by atoms with Gasteiger partial charge in [-0.3, -0.25) is 4.79 Å². The third-order valence-corrected chi connectivity index (χ3v) is 6.44. The monoisotopic (exact) mass is 389 g/mol. The molecule has 1 heterocycles. The molecule has 0 saturated carbocycles. The molecule has 1 amide bonds. The number of hydrogen-bond acceptors (Lipinski definition) is 5. The maximum Gasteiger partial charge on any atom is 0.339 e. The molecule has 0 radical (unpaired) electrons. The number of thiophene rings is 1. The van der Waals surface area contributed by atoms with Crippen molar-refractivity contribution in [1.82, 2.24) is 4.90 Å². The van der Waals surface area contributed by atoms with Gasteiger partial charge in [0, 0.05) is 28.7 Å². The van der Waals surface area contributed by atoms with Crippen molar-refractivity contribution in [3.63, 3.8) is 0 Å². The Morgan fingerprint density at radius 3 is 2.65 bits per heavy atom. The highest BCUT2D eigenvalue weighted by Crippen LogP contribution is 2.30. The van der Waals surface area contributed by atoms with E-state index >= 15 is 0 Å². The van der Waals surface area contributed by atoms with Crippen molar-refractivity contribution in [2.75, 3.05) is 19.9 Å². The number of likely N-dealkylation sites (N-methyl/N-ethyl adjacent to an activating group) is 1. The number of aryl methyl sites for hydroxylation is 1. The average molecular weight is 390 g/mol. The number of carbonyl (C=O) groups excluding carboxylic acids is 2. The third-order valence-electron chi connectivity index (χ3n) is 4.61. The quantitative estimate of drug-likeness (QED) is 0.550. The fourth-order valence-corrected chi connectivity index (χ4v) is 4.60. The second kappa shape index (κ2) is 8.73. The van der Waals surface area contributed by atoms with Crippen molar-refractivity contribution in [3.8, 4) is 0 Å². The summed E-state index contributed by atoms with van der Waals surface area (Å²) in [6.45, 7) is 0.280. The van der Waals surface area contributed by atoms with Crippen LogP contribution in [0.15, 0.2) is 34.5 Å². The molecule has 1 aliphatic rings. The standard InChI is InChI=1S/C20H23NO3S2/c1-21(11-14-7-9-15(25-2)10-8-14)19(22)12-24-20(23)17-13-26-18-6-4-3-5-16(17)18/h7-10,13H,3-6,11-12H2,1-2H3. The fraction of sp³-hybridized carbons (Fsp3) is 0.400. The smallest absolute Gasteiger partial charge is 0.339 e. The van der Waals surface area contributed by atoms with Gasteiger partial charge in [0.05, 0.1) is 5.56 Å². The first-order chi connectivity index (χ1) is 12.6. The van der Waals surface area contributed by atoms with Gasteiger partial charge in [-0.25, -0.2) is 4.79 Å². The van der Waals surface area contributed by atoms with Gasteiger partial charge in [-0.05, 0) is 55.2 Å². The van der Waals surface area contributed by atoms with E-state index in [1.165, 1.54) is 16.2 Å². The van der Waals surface area contributed by atoms with E-state index in [1.807, 2.05) is 35.9 Å². The molecule has 138 valence electrons. The predicted octanol–water partition coefficient (Wildman–Crippen LogP) is 4.16. The zero-order valence-corrected chi connectivity index (χ0v) is 16.8. The maximum atomic E-state index is 12.3. The normalized spacial score (nSPS) is 13.2. The van der Waals surface area contributed by atoms with E-state index in [4.69, 9.17) is 4.74 Å². The number of ether oxygens (including phenoxy) is 1. The molecule has 3 rings (SSSR count). The van der Waals surface area contributed by atoms with Gasteiger partial charge in [-0.2, -0.15) is 0 Å². The van der Waals surface area contributed by atoms with Crippen molar-refractivity contribution in [1.29, 1.82) is 0 Å². The molecule has 0 aliphatic heterocycles. The lowest BCUT2D eigenvalue weighted by Gasteiger charge is -2.17. The number of benzene rings is 1. The highest BCUT2D eigenvalue weighted by Gasteiger charge is 2.22. The molecule has 0 unspecified atom stereocenters. The lowest BCUT2D eigenvalue weighted by molar-refractivity contribution is -0.133. The molecule has 0 fully saturated rings. The molecule has 26 heavy (non-hydrogen) atoms. The molecule has 0 N–H and O–H groups in total. The van der Waals surface area contributed by atoms with Crippen LogP contribution in [0.2, 0.25) is 0 Å². The van der Waals surface area contributed by atoms with E-state index in [2.05, 4.69) is 0 Å². The second-order valence-electron chi connectivity index (χ2n) is 6.43. The summed E-state index contributed by atoms with van der Waals surface area (Å²) in [6.07, 6.45) is 6.31. The van der Waals surface area contributed by atoms with Gasteiger partial charge < -0.3 is 9.64 Å². The number of thioether (sulfide) groups is 1. The van der Waals surface area contributed by atoms with Gasteiger partial charge in [-0.15, -0.1) is 23.1 Å². The van der Waals surface area contributed by atoms with E-state index in [0.29, 0.717) is 12.1 Å². The van der Waals surface area contributed by atoms with Gasteiger partial charge in [0.2, 0.25) is 0 Å². The van der Waals surface area contributed by atoms with Gasteiger partial charge >= 0.3 is 5.97 Å². The second-order valence-corrected chi connectivity index (χ2v) is 8.28. The third kappa shape index (κ3) is 4.48. The maximum absolute atomic E-state index is 12.3. The van der Waals surface area contributed by atoms with Crippen LogP contribution in [-0.2, 0) is 28.9 Å². The minimum atomic E-state index is -0.379. The summed E-state index contributed by atoms with van der Waals surface area (Å²) in [5, 5.41) is 1.87. The Balaban J connectivity index is 1.52. The van der Waals surface area contributed by atoms with E-state index in [-0.39, 0.29) is 18.5 Å². The largest absolute Gasteiger partial charge is 0.452 e. The molecule has 1 aliphatic carbocycles. The van der Waals surface area contributed by atoms with Crippen molar-refractivity contribution in [3.05, 3.63) is 51.2 Å². The molecule has 0 bridgehead atoms. The minimum Gasteiger partial charge on any atom is -0.452 e. The van der Waals surface area contributed by atoms with Crippen LogP contribution in [0.3, 0.4) is 0 Å². The lowest BCUT2D eigenvalue weighted by Crippen LogP contribution is -2.30.